The second kappa shape index (κ2) is 3.61. The second-order valence-corrected chi connectivity index (χ2v) is 4.17. The molecule has 2 rings (SSSR count). The Hall–Kier alpha value is -0.300. The van der Waals surface area contributed by atoms with Gasteiger partial charge in [0, 0.05) is 0 Å². The van der Waals surface area contributed by atoms with E-state index in [1.807, 2.05) is 0 Å². The fraction of sp³-hybridized carbons (Fsp3) is 0.818. The Labute approximate surface area is 74.8 Å². The van der Waals surface area contributed by atoms with Crippen molar-refractivity contribution >= 4 is 0 Å². The van der Waals surface area contributed by atoms with Crippen molar-refractivity contribution in [2.75, 3.05) is 6.61 Å². The first-order valence-electron chi connectivity index (χ1n) is 5.15. The summed E-state index contributed by atoms with van der Waals surface area (Å²) in [5.41, 5.74) is 1.34. The highest BCUT2D eigenvalue weighted by atomic mass is 16.5. The average molecular weight is 166 g/mol. The van der Waals surface area contributed by atoms with E-state index in [0.717, 1.165) is 12.5 Å². The predicted molar refractivity (Wildman–Crippen MR) is 50.1 cm³/mol. The molecule has 0 aromatic carbocycles. The molecular formula is C11H18O. The minimum Gasteiger partial charge on any atom is -0.374 e. The molecule has 0 spiro atoms. The van der Waals surface area contributed by atoms with Gasteiger partial charge in [0.15, 0.2) is 0 Å². The Bertz CT molecular complexity index is 170. The number of ether oxygens (including phenoxy) is 1. The molecule has 1 unspecified atom stereocenters. The van der Waals surface area contributed by atoms with Gasteiger partial charge in [-0.1, -0.05) is 13.0 Å². The van der Waals surface area contributed by atoms with E-state index in [1.54, 1.807) is 0 Å². The summed E-state index contributed by atoms with van der Waals surface area (Å²) in [5.74, 6) is 0.889. The summed E-state index contributed by atoms with van der Waals surface area (Å²) in [7, 11) is 0. The highest BCUT2D eigenvalue weighted by molar-refractivity contribution is 5.05. The first-order chi connectivity index (χ1) is 5.86. The highest BCUT2D eigenvalue weighted by Gasteiger charge is 2.24. The maximum Gasteiger partial charge on any atom is 0.0782 e. The molecule has 0 N–H and O–H groups in total. The van der Waals surface area contributed by atoms with Gasteiger partial charge in [-0.05, 0) is 43.6 Å². The lowest BCUT2D eigenvalue weighted by Crippen LogP contribution is -2.20. The SMILES string of the molecule is C=C1CCCCC1OCC1CC1. The number of hydrogen-bond acceptors (Lipinski definition) is 1. The lowest BCUT2D eigenvalue weighted by Gasteiger charge is -2.24. The third-order valence-corrected chi connectivity index (χ3v) is 2.90. The molecule has 2 aliphatic carbocycles. The zero-order valence-electron chi connectivity index (χ0n) is 7.72. The Morgan fingerprint density at radius 2 is 2.08 bits per heavy atom. The third kappa shape index (κ3) is 2.10. The smallest absolute Gasteiger partial charge is 0.0782 e. The van der Waals surface area contributed by atoms with Crippen LogP contribution in [0.25, 0.3) is 0 Å². The fourth-order valence-electron chi connectivity index (χ4n) is 1.78. The molecule has 0 heterocycles. The van der Waals surface area contributed by atoms with Gasteiger partial charge >= 0.3 is 0 Å². The number of hydrogen-bond donors (Lipinski definition) is 0. The summed E-state index contributed by atoms with van der Waals surface area (Å²) in [6.07, 6.45) is 8.23. The van der Waals surface area contributed by atoms with Gasteiger partial charge in [-0.15, -0.1) is 0 Å². The van der Waals surface area contributed by atoms with Crippen LogP contribution in [0.3, 0.4) is 0 Å². The number of rotatable bonds is 3. The fourth-order valence-corrected chi connectivity index (χ4v) is 1.78. The van der Waals surface area contributed by atoms with Crippen LogP contribution in [0.4, 0.5) is 0 Å². The molecule has 0 aromatic heterocycles. The molecule has 1 heteroatoms. The standard InChI is InChI=1S/C11H18O/c1-9-4-2-3-5-11(9)12-8-10-6-7-10/h10-11H,1-8H2. The quantitative estimate of drug-likeness (QED) is 0.586. The van der Waals surface area contributed by atoms with E-state index in [0.29, 0.717) is 6.10 Å². The molecule has 0 aliphatic heterocycles. The molecule has 0 aromatic rings. The molecule has 1 nitrogen and oxygen atoms in total. The van der Waals surface area contributed by atoms with Crippen LogP contribution in [0, 0.1) is 5.92 Å². The maximum atomic E-state index is 5.82. The van der Waals surface area contributed by atoms with Gasteiger partial charge < -0.3 is 4.74 Å². The van der Waals surface area contributed by atoms with Gasteiger partial charge in [-0.3, -0.25) is 0 Å². The van der Waals surface area contributed by atoms with Gasteiger partial charge in [0.1, 0.15) is 0 Å². The van der Waals surface area contributed by atoms with E-state index in [4.69, 9.17) is 4.74 Å². The van der Waals surface area contributed by atoms with Crippen LogP contribution in [0.1, 0.15) is 38.5 Å². The molecular weight excluding hydrogens is 148 g/mol. The van der Waals surface area contributed by atoms with Crippen molar-refractivity contribution in [3.8, 4) is 0 Å². The van der Waals surface area contributed by atoms with Gasteiger partial charge in [-0.2, -0.15) is 0 Å². The van der Waals surface area contributed by atoms with E-state index in [9.17, 15) is 0 Å². The topological polar surface area (TPSA) is 9.23 Å². The minimum absolute atomic E-state index is 0.402. The zero-order chi connectivity index (χ0) is 8.39. The molecule has 2 fully saturated rings. The van der Waals surface area contributed by atoms with Crippen molar-refractivity contribution in [2.45, 2.75) is 44.6 Å². The third-order valence-electron chi connectivity index (χ3n) is 2.90. The Morgan fingerprint density at radius 1 is 1.25 bits per heavy atom. The van der Waals surface area contributed by atoms with Crippen molar-refractivity contribution in [1.29, 1.82) is 0 Å². The lowest BCUT2D eigenvalue weighted by molar-refractivity contribution is 0.0537. The van der Waals surface area contributed by atoms with Gasteiger partial charge in [0.25, 0.3) is 0 Å². The van der Waals surface area contributed by atoms with Crippen molar-refractivity contribution in [2.24, 2.45) is 5.92 Å². The Kier molecular flexibility index (Phi) is 2.50. The first kappa shape index (κ1) is 8.31. The van der Waals surface area contributed by atoms with Crippen LogP contribution in [-0.4, -0.2) is 12.7 Å². The van der Waals surface area contributed by atoms with Crippen LogP contribution in [0.2, 0.25) is 0 Å². The second-order valence-electron chi connectivity index (χ2n) is 4.17. The van der Waals surface area contributed by atoms with Crippen molar-refractivity contribution < 1.29 is 4.74 Å². The largest absolute Gasteiger partial charge is 0.374 e. The summed E-state index contributed by atoms with van der Waals surface area (Å²) in [6.45, 7) is 5.06. The zero-order valence-corrected chi connectivity index (χ0v) is 7.72. The van der Waals surface area contributed by atoms with Gasteiger partial charge in [-0.25, -0.2) is 0 Å². The Morgan fingerprint density at radius 3 is 2.75 bits per heavy atom. The van der Waals surface area contributed by atoms with Crippen LogP contribution in [0.5, 0.6) is 0 Å². The van der Waals surface area contributed by atoms with E-state index in [1.165, 1.54) is 44.1 Å². The maximum absolute atomic E-state index is 5.82. The predicted octanol–water partition coefficient (Wildman–Crippen LogP) is 2.91. The van der Waals surface area contributed by atoms with Crippen LogP contribution >= 0.6 is 0 Å². The molecule has 0 amide bonds. The molecule has 12 heavy (non-hydrogen) atoms. The van der Waals surface area contributed by atoms with E-state index < -0.39 is 0 Å². The summed E-state index contributed by atoms with van der Waals surface area (Å²) in [6, 6.07) is 0. The van der Waals surface area contributed by atoms with E-state index in [2.05, 4.69) is 6.58 Å². The molecule has 1 atom stereocenters. The van der Waals surface area contributed by atoms with Crippen LogP contribution < -0.4 is 0 Å². The van der Waals surface area contributed by atoms with Crippen LogP contribution in [0.15, 0.2) is 12.2 Å². The normalized spacial score (nSPS) is 30.7. The minimum atomic E-state index is 0.402. The average Bonchev–Trinajstić information content (AvgIpc) is 2.86. The molecule has 68 valence electrons. The monoisotopic (exact) mass is 166 g/mol. The summed E-state index contributed by atoms with van der Waals surface area (Å²) in [4.78, 5) is 0. The molecule has 0 radical (unpaired) electrons. The van der Waals surface area contributed by atoms with Crippen molar-refractivity contribution in [1.82, 2.24) is 0 Å². The molecule has 2 saturated carbocycles. The molecule has 2 aliphatic rings. The summed E-state index contributed by atoms with van der Waals surface area (Å²) < 4.78 is 5.82. The summed E-state index contributed by atoms with van der Waals surface area (Å²) >= 11 is 0. The Balaban J connectivity index is 1.72. The van der Waals surface area contributed by atoms with E-state index in [-0.39, 0.29) is 0 Å². The van der Waals surface area contributed by atoms with Crippen molar-refractivity contribution in [3.63, 3.8) is 0 Å². The molecule has 0 saturated heterocycles. The molecule has 0 bridgehead atoms. The van der Waals surface area contributed by atoms with Gasteiger partial charge in [0.05, 0.1) is 12.7 Å². The lowest BCUT2D eigenvalue weighted by atomic mass is 9.93. The summed E-state index contributed by atoms with van der Waals surface area (Å²) in [5, 5.41) is 0. The van der Waals surface area contributed by atoms with Crippen molar-refractivity contribution in [3.05, 3.63) is 12.2 Å². The van der Waals surface area contributed by atoms with Crippen LogP contribution in [-0.2, 0) is 4.74 Å². The highest BCUT2D eigenvalue weighted by Crippen LogP contribution is 2.31. The van der Waals surface area contributed by atoms with E-state index >= 15 is 0 Å². The first-order valence-corrected chi connectivity index (χ1v) is 5.15. The van der Waals surface area contributed by atoms with Gasteiger partial charge in [0.2, 0.25) is 0 Å².